The summed E-state index contributed by atoms with van der Waals surface area (Å²) in [5.74, 6) is 5.50. The number of benzene rings is 2. The number of aliphatic hydroxyl groups is 1. The number of rotatable bonds is 6. The molecule has 0 fully saturated rings. The van der Waals surface area contributed by atoms with Crippen molar-refractivity contribution in [2.75, 3.05) is 0 Å². The zero-order valence-corrected chi connectivity index (χ0v) is 11.6. The van der Waals surface area contributed by atoms with E-state index >= 15 is 0 Å². The third kappa shape index (κ3) is 4.05. The molecule has 0 atom stereocenters. The Morgan fingerprint density at radius 1 is 1.05 bits per heavy atom. The van der Waals surface area contributed by atoms with Crippen molar-refractivity contribution in [3.8, 4) is 5.75 Å². The Morgan fingerprint density at radius 3 is 2.33 bits per heavy atom. The van der Waals surface area contributed by atoms with Crippen molar-refractivity contribution in [1.82, 2.24) is 5.43 Å². The molecule has 0 aliphatic rings. The van der Waals surface area contributed by atoms with Crippen LogP contribution in [0.25, 0.3) is 0 Å². The van der Waals surface area contributed by atoms with Crippen molar-refractivity contribution in [2.45, 2.75) is 19.6 Å². The van der Waals surface area contributed by atoms with Gasteiger partial charge in [0.25, 0.3) is 0 Å². The molecule has 5 nitrogen and oxygen atoms in total. The lowest BCUT2D eigenvalue weighted by molar-refractivity contribution is -0.120. The summed E-state index contributed by atoms with van der Waals surface area (Å²) in [7, 11) is 0. The minimum Gasteiger partial charge on any atom is -0.489 e. The molecule has 21 heavy (non-hydrogen) atoms. The number of carbonyl (C=O) groups excluding carboxylic acids is 1. The number of para-hydroxylation sites is 1. The quantitative estimate of drug-likeness (QED) is 0.424. The van der Waals surface area contributed by atoms with Crippen LogP contribution in [0.15, 0.2) is 48.5 Å². The molecule has 4 N–H and O–H groups in total. The number of amides is 1. The van der Waals surface area contributed by atoms with Crippen LogP contribution in [0.3, 0.4) is 0 Å². The summed E-state index contributed by atoms with van der Waals surface area (Å²) in [6, 6.07) is 14.8. The van der Waals surface area contributed by atoms with Crippen LogP contribution in [0.4, 0.5) is 0 Å². The summed E-state index contributed by atoms with van der Waals surface area (Å²) in [5.41, 5.74) is 4.62. The van der Waals surface area contributed by atoms with E-state index in [1.807, 2.05) is 42.5 Å². The molecule has 0 aromatic heterocycles. The zero-order valence-electron chi connectivity index (χ0n) is 11.6. The van der Waals surface area contributed by atoms with Crippen molar-refractivity contribution < 1.29 is 14.6 Å². The van der Waals surface area contributed by atoms with Gasteiger partial charge >= 0.3 is 0 Å². The van der Waals surface area contributed by atoms with Crippen molar-refractivity contribution >= 4 is 5.91 Å². The molecule has 0 unspecified atom stereocenters. The second-order valence-corrected chi connectivity index (χ2v) is 4.57. The van der Waals surface area contributed by atoms with Gasteiger partial charge in [0.2, 0.25) is 5.91 Å². The average molecular weight is 286 g/mol. The zero-order chi connectivity index (χ0) is 15.1. The number of aliphatic hydroxyl groups excluding tert-OH is 1. The number of nitrogens with two attached hydrogens (primary N) is 1. The van der Waals surface area contributed by atoms with Gasteiger partial charge in [0.05, 0.1) is 13.0 Å². The van der Waals surface area contributed by atoms with Gasteiger partial charge in [-0.1, -0.05) is 42.5 Å². The summed E-state index contributed by atoms with van der Waals surface area (Å²) < 4.78 is 5.75. The molecule has 0 heterocycles. The highest BCUT2D eigenvalue weighted by Crippen LogP contribution is 2.20. The lowest BCUT2D eigenvalue weighted by Crippen LogP contribution is -2.31. The highest BCUT2D eigenvalue weighted by Gasteiger charge is 2.08. The van der Waals surface area contributed by atoms with Crippen LogP contribution in [-0.2, 0) is 24.4 Å². The summed E-state index contributed by atoms with van der Waals surface area (Å²) in [6.45, 7) is 0.248. The Balaban J connectivity index is 2.11. The number of nitrogens with one attached hydrogen (secondary N) is 1. The molecule has 0 spiro atoms. The number of hydrazine groups is 1. The summed E-state index contributed by atoms with van der Waals surface area (Å²) in [4.78, 5) is 11.4. The fraction of sp³-hybridized carbons (Fsp3) is 0.188. The Hall–Kier alpha value is -2.37. The average Bonchev–Trinajstić information content (AvgIpc) is 2.54. The van der Waals surface area contributed by atoms with Crippen LogP contribution < -0.4 is 16.0 Å². The lowest BCUT2D eigenvalue weighted by atomic mass is 10.0. The SMILES string of the molecule is NNC(=O)Cc1ccccc1COc1ccccc1CO. The van der Waals surface area contributed by atoms with Crippen molar-refractivity contribution in [1.29, 1.82) is 0 Å². The summed E-state index contributed by atoms with van der Waals surface area (Å²) in [5, 5.41) is 9.27. The maximum absolute atomic E-state index is 11.4. The second-order valence-electron chi connectivity index (χ2n) is 4.57. The first-order chi connectivity index (χ1) is 10.2. The molecule has 5 heteroatoms. The first kappa shape index (κ1) is 15.0. The smallest absolute Gasteiger partial charge is 0.238 e. The maximum Gasteiger partial charge on any atom is 0.238 e. The van der Waals surface area contributed by atoms with E-state index in [-0.39, 0.29) is 18.9 Å². The van der Waals surface area contributed by atoms with E-state index in [0.29, 0.717) is 12.4 Å². The van der Waals surface area contributed by atoms with Crippen LogP contribution in [0.1, 0.15) is 16.7 Å². The summed E-state index contributed by atoms with van der Waals surface area (Å²) in [6.07, 6.45) is 0.206. The fourth-order valence-corrected chi connectivity index (χ4v) is 2.03. The van der Waals surface area contributed by atoms with E-state index in [1.54, 1.807) is 6.07 Å². The number of carbonyl (C=O) groups is 1. The summed E-state index contributed by atoms with van der Waals surface area (Å²) >= 11 is 0. The van der Waals surface area contributed by atoms with Gasteiger partial charge in [-0.2, -0.15) is 0 Å². The molecule has 110 valence electrons. The number of hydrogen-bond acceptors (Lipinski definition) is 4. The van der Waals surface area contributed by atoms with Gasteiger partial charge in [0, 0.05) is 5.56 Å². The molecule has 1 amide bonds. The minimum absolute atomic E-state index is 0.0760. The highest BCUT2D eigenvalue weighted by molar-refractivity contribution is 5.78. The van der Waals surface area contributed by atoms with Gasteiger partial charge in [-0.05, 0) is 17.2 Å². The monoisotopic (exact) mass is 286 g/mol. The van der Waals surface area contributed by atoms with E-state index in [4.69, 9.17) is 10.6 Å². The maximum atomic E-state index is 11.4. The van der Waals surface area contributed by atoms with Gasteiger partial charge in [-0.15, -0.1) is 0 Å². The lowest BCUT2D eigenvalue weighted by Gasteiger charge is -2.12. The second kappa shape index (κ2) is 7.42. The molecule has 2 rings (SSSR count). The van der Waals surface area contributed by atoms with E-state index in [1.165, 1.54) is 0 Å². The molecule has 2 aromatic rings. The minimum atomic E-state index is -0.252. The predicted octanol–water partition coefficient (Wildman–Crippen LogP) is 1.29. The molecule has 0 aliphatic carbocycles. The normalized spacial score (nSPS) is 10.2. The van der Waals surface area contributed by atoms with Crippen molar-refractivity contribution in [3.05, 3.63) is 65.2 Å². The Morgan fingerprint density at radius 2 is 1.67 bits per heavy atom. The van der Waals surface area contributed by atoms with Gasteiger partial charge in [0.1, 0.15) is 12.4 Å². The standard InChI is InChI=1S/C16H18N2O3/c17-18-16(20)9-12-5-1-2-7-14(12)11-21-15-8-4-3-6-13(15)10-19/h1-8,19H,9-11,17H2,(H,18,20). The van der Waals surface area contributed by atoms with E-state index in [2.05, 4.69) is 5.43 Å². The topological polar surface area (TPSA) is 84.6 Å². The fourth-order valence-electron chi connectivity index (χ4n) is 2.03. The first-order valence-corrected chi connectivity index (χ1v) is 6.62. The molecule has 0 radical (unpaired) electrons. The van der Waals surface area contributed by atoms with Gasteiger partial charge in [-0.3, -0.25) is 10.2 Å². The number of hydrogen-bond donors (Lipinski definition) is 3. The molecule has 0 aliphatic heterocycles. The third-order valence-corrected chi connectivity index (χ3v) is 3.16. The molecule has 0 bridgehead atoms. The van der Waals surface area contributed by atoms with Gasteiger partial charge < -0.3 is 9.84 Å². The highest BCUT2D eigenvalue weighted by atomic mass is 16.5. The van der Waals surface area contributed by atoms with E-state index in [9.17, 15) is 9.90 Å². The van der Waals surface area contributed by atoms with Crippen LogP contribution in [0, 0.1) is 0 Å². The molecular formula is C16H18N2O3. The third-order valence-electron chi connectivity index (χ3n) is 3.16. The van der Waals surface area contributed by atoms with Crippen LogP contribution in [0.5, 0.6) is 5.75 Å². The first-order valence-electron chi connectivity index (χ1n) is 6.62. The molecule has 2 aromatic carbocycles. The van der Waals surface area contributed by atoms with Crippen LogP contribution >= 0.6 is 0 Å². The van der Waals surface area contributed by atoms with Crippen molar-refractivity contribution in [3.63, 3.8) is 0 Å². The van der Waals surface area contributed by atoms with Crippen LogP contribution in [0.2, 0.25) is 0 Å². The Labute approximate surface area is 123 Å². The molecule has 0 saturated carbocycles. The largest absolute Gasteiger partial charge is 0.489 e. The van der Waals surface area contributed by atoms with Gasteiger partial charge in [0.15, 0.2) is 0 Å². The Bertz CT molecular complexity index is 614. The molecular weight excluding hydrogens is 268 g/mol. The van der Waals surface area contributed by atoms with Crippen molar-refractivity contribution in [2.24, 2.45) is 5.84 Å². The van der Waals surface area contributed by atoms with Crippen LogP contribution in [-0.4, -0.2) is 11.0 Å². The molecule has 0 saturated heterocycles. The van der Waals surface area contributed by atoms with E-state index < -0.39 is 0 Å². The van der Waals surface area contributed by atoms with Gasteiger partial charge in [-0.25, -0.2) is 5.84 Å². The van der Waals surface area contributed by atoms with E-state index in [0.717, 1.165) is 16.7 Å². The number of ether oxygens (including phenoxy) is 1. The Kier molecular flexibility index (Phi) is 5.31. The predicted molar refractivity (Wildman–Crippen MR) is 79.2 cm³/mol.